The Labute approximate surface area is 144 Å². The normalized spacial score (nSPS) is 11.0. The molecule has 2 aromatic carbocycles. The van der Waals surface area contributed by atoms with Crippen LogP contribution in [0.2, 0.25) is 5.02 Å². The first-order valence-corrected chi connectivity index (χ1v) is 8.09. The molecular formula is C18H18ClN3O2. The Morgan fingerprint density at radius 3 is 2.79 bits per heavy atom. The highest BCUT2D eigenvalue weighted by Gasteiger charge is 2.15. The molecule has 1 heterocycles. The summed E-state index contributed by atoms with van der Waals surface area (Å²) in [5.74, 6) is 0. The van der Waals surface area contributed by atoms with E-state index in [1.807, 2.05) is 13.1 Å². The van der Waals surface area contributed by atoms with Crippen molar-refractivity contribution in [2.75, 3.05) is 11.9 Å². The van der Waals surface area contributed by atoms with Gasteiger partial charge in [0.1, 0.15) is 5.02 Å². The summed E-state index contributed by atoms with van der Waals surface area (Å²) in [6.45, 7) is 4.64. The molecule has 3 aromatic rings. The van der Waals surface area contributed by atoms with Gasteiger partial charge in [0.2, 0.25) is 0 Å². The Morgan fingerprint density at radius 1 is 1.25 bits per heavy atom. The molecule has 0 radical (unpaired) electrons. The molecule has 0 aliphatic heterocycles. The lowest BCUT2D eigenvalue weighted by atomic mass is 10.1. The number of nitro benzene ring substituents is 1. The van der Waals surface area contributed by atoms with Gasteiger partial charge in [-0.05, 0) is 43.0 Å². The predicted molar refractivity (Wildman–Crippen MR) is 98.1 cm³/mol. The average molecular weight is 344 g/mol. The third-order valence-electron chi connectivity index (χ3n) is 4.21. The number of hydrogen-bond donors (Lipinski definition) is 2. The molecule has 0 saturated heterocycles. The Bertz CT molecular complexity index is 918. The highest BCUT2D eigenvalue weighted by Crippen LogP contribution is 2.30. The van der Waals surface area contributed by atoms with Crippen LogP contribution in [-0.2, 0) is 6.42 Å². The van der Waals surface area contributed by atoms with Crippen molar-refractivity contribution in [1.82, 2.24) is 4.98 Å². The van der Waals surface area contributed by atoms with Gasteiger partial charge in [0.15, 0.2) is 0 Å². The number of fused-ring (bicyclic) bond motifs is 1. The van der Waals surface area contributed by atoms with E-state index in [0.29, 0.717) is 0 Å². The van der Waals surface area contributed by atoms with Crippen LogP contribution < -0.4 is 5.32 Å². The van der Waals surface area contributed by atoms with Crippen LogP contribution in [0.15, 0.2) is 36.5 Å². The summed E-state index contributed by atoms with van der Waals surface area (Å²) in [6.07, 6.45) is 2.88. The molecule has 0 amide bonds. The summed E-state index contributed by atoms with van der Waals surface area (Å²) in [7, 11) is 0. The monoisotopic (exact) mass is 343 g/mol. The summed E-state index contributed by atoms with van der Waals surface area (Å²) >= 11 is 5.98. The van der Waals surface area contributed by atoms with Crippen molar-refractivity contribution >= 4 is 33.9 Å². The standard InChI is InChI=1S/C18H18ClN3O2/c1-11-4-3-5-14-13(10-21-18(11)14)6-7-20-16-9-15(19)17(22(23)24)8-12(16)2/h3-5,8-10,20-21H,6-7H2,1-2H3. The first kappa shape index (κ1) is 16.3. The molecule has 6 heteroatoms. The molecule has 0 fully saturated rings. The van der Waals surface area contributed by atoms with Crippen molar-refractivity contribution in [1.29, 1.82) is 0 Å². The summed E-state index contributed by atoms with van der Waals surface area (Å²) in [4.78, 5) is 13.8. The molecule has 3 rings (SSSR count). The summed E-state index contributed by atoms with van der Waals surface area (Å²) < 4.78 is 0. The fraction of sp³-hybridized carbons (Fsp3) is 0.222. The lowest BCUT2D eigenvalue weighted by Gasteiger charge is -2.10. The lowest BCUT2D eigenvalue weighted by Crippen LogP contribution is -2.06. The molecular weight excluding hydrogens is 326 g/mol. The highest BCUT2D eigenvalue weighted by atomic mass is 35.5. The van der Waals surface area contributed by atoms with E-state index in [0.717, 1.165) is 24.2 Å². The lowest BCUT2D eigenvalue weighted by molar-refractivity contribution is -0.384. The van der Waals surface area contributed by atoms with E-state index in [-0.39, 0.29) is 10.7 Å². The number of nitrogens with one attached hydrogen (secondary N) is 2. The number of rotatable bonds is 5. The number of hydrogen-bond acceptors (Lipinski definition) is 3. The molecule has 0 atom stereocenters. The zero-order valence-electron chi connectivity index (χ0n) is 13.5. The minimum absolute atomic E-state index is 0.0631. The minimum Gasteiger partial charge on any atom is -0.384 e. The third-order valence-corrected chi connectivity index (χ3v) is 4.51. The molecule has 24 heavy (non-hydrogen) atoms. The number of benzene rings is 2. The van der Waals surface area contributed by atoms with Crippen molar-refractivity contribution < 1.29 is 4.92 Å². The Balaban J connectivity index is 1.73. The Hall–Kier alpha value is -2.53. The average Bonchev–Trinajstić information content (AvgIpc) is 2.95. The topological polar surface area (TPSA) is 71.0 Å². The zero-order chi connectivity index (χ0) is 17.3. The maximum absolute atomic E-state index is 10.9. The van der Waals surface area contributed by atoms with Gasteiger partial charge in [-0.3, -0.25) is 10.1 Å². The molecule has 0 saturated carbocycles. The van der Waals surface area contributed by atoms with E-state index in [9.17, 15) is 10.1 Å². The van der Waals surface area contributed by atoms with Crippen LogP contribution in [-0.4, -0.2) is 16.5 Å². The molecule has 1 aromatic heterocycles. The van der Waals surface area contributed by atoms with E-state index < -0.39 is 4.92 Å². The van der Waals surface area contributed by atoms with Crippen LogP contribution in [0.25, 0.3) is 10.9 Å². The SMILES string of the molecule is Cc1cc([N+](=O)[O-])c(Cl)cc1NCCc1c[nH]c2c(C)cccc12. The maximum atomic E-state index is 10.9. The number of H-pyrrole nitrogens is 1. The smallest absolute Gasteiger partial charge is 0.288 e. The Morgan fingerprint density at radius 2 is 2.04 bits per heavy atom. The summed E-state index contributed by atoms with van der Waals surface area (Å²) in [5.41, 5.74) is 5.20. The largest absolute Gasteiger partial charge is 0.384 e. The van der Waals surface area contributed by atoms with Crippen molar-refractivity contribution in [3.05, 3.63) is 68.4 Å². The number of nitro groups is 1. The van der Waals surface area contributed by atoms with Crippen molar-refractivity contribution in [2.45, 2.75) is 20.3 Å². The summed E-state index contributed by atoms with van der Waals surface area (Å²) in [5, 5.41) is 15.6. The first-order chi connectivity index (χ1) is 11.5. The fourth-order valence-electron chi connectivity index (χ4n) is 2.90. The molecule has 0 aliphatic carbocycles. The molecule has 0 bridgehead atoms. The number of aromatic amines is 1. The summed E-state index contributed by atoms with van der Waals surface area (Å²) in [6, 6.07) is 9.38. The van der Waals surface area contributed by atoms with Crippen molar-refractivity contribution in [3.63, 3.8) is 0 Å². The second-order valence-corrected chi connectivity index (χ2v) is 6.27. The van der Waals surface area contributed by atoms with Crippen LogP contribution in [0, 0.1) is 24.0 Å². The number of halogens is 1. The van der Waals surface area contributed by atoms with Gasteiger partial charge in [-0.2, -0.15) is 0 Å². The van der Waals surface area contributed by atoms with Gasteiger partial charge in [-0.25, -0.2) is 0 Å². The van der Waals surface area contributed by atoms with Crippen molar-refractivity contribution in [3.8, 4) is 0 Å². The van der Waals surface area contributed by atoms with Crippen LogP contribution >= 0.6 is 11.6 Å². The van der Waals surface area contributed by atoms with Gasteiger partial charge in [0.05, 0.1) is 4.92 Å². The quantitative estimate of drug-likeness (QED) is 0.505. The molecule has 0 spiro atoms. The third kappa shape index (κ3) is 3.08. The van der Waals surface area contributed by atoms with Gasteiger partial charge in [0, 0.05) is 35.4 Å². The second kappa shape index (κ2) is 6.53. The number of aromatic nitrogens is 1. The van der Waals surface area contributed by atoms with E-state index in [2.05, 4.69) is 35.4 Å². The van der Waals surface area contributed by atoms with Gasteiger partial charge in [-0.15, -0.1) is 0 Å². The molecule has 0 aliphatic rings. The van der Waals surface area contributed by atoms with E-state index in [1.54, 1.807) is 6.07 Å². The van der Waals surface area contributed by atoms with Crippen LogP contribution in [0.1, 0.15) is 16.7 Å². The van der Waals surface area contributed by atoms with Gasteiger partial charge in [-0.1, -0.05) is 29.8 Å². The van der Waals surface area contributed by atoms with E-state index in [1.165, 1.54) is 28.1 Å². The molecule has 0 unspecified atom stereocenters. The van der Waals surface area contributed by atoms with Crippen LogP contribution in [0.4, 0.5) is 11.4 Å². The number of aryl methyl sites for hydroxylation is 2. The van der Waals surface area contributed by atoms with Gasteiger partial charge in [0.25, 0.3) is 5.69 Å². The van der Waals surface area contributed by atoms with Crippen LogP contribution in [0.5, 0.6) is 0 Å². The molecule has 2 N–H and O–H groups in total. The number of nitrogens with zero attached hydrogens (tertiary/aromatic N) is 1. The zero-order valence-corrected chi connectivity index (χ0v) is 14.3. The number of para-hydroxylation sites is 1. The van der Waals surface area contributed by atoms with E-state index >= 15 is 0 Å². The van der Waals surface area contributed by atoms with Gasteiger partial charge >= 0.3 is 0 Å². The fourth-order valence-corrected chi connectivity index (χ4v) is 3.13. The highest BCUT2D eigenvalue weighted by molar-refractivity contribution is 6.33. The minimum atomic E-state index is -0.465. The molecule has 5 nitrogen and oxygen atoms in total. The maximum Gasteiger partial charge on any atom is 0.288 e. The van der Waals surface area contributed by atoms with Gasteiger partial charge < -0.3 is 10.3 Å². The van der Waals surface area contributed by atoms with Crippen molar-refractivity contribution in [2.24, 2.45) is 0 Å². The first-order valence-electron chi connectivity index (χ1n) is 7.71. The predicted octanol–water partition coefficient (Wildman–Crippen LogP) is 5.00. The van der Waals surface area contributed by atoms with Crippen LogP contribution in [0.3, 0.4) is 0 Å². The molecule has 124 valence electrons. The van der Waals surface area contributed by atoms with E-state index in [4.69, 9.17) is 11.6 Å². The number of anilines is 1. The second-order valence-electron chi connectivity index (χ2n) is 5.86. The Kier molecular flexibility index (Phi) is 4.44.